The second-order valence-corrected chi connectivity index (χ2v) is 5.59. The number of rotatable bonds is 4. The van der Waals surface area contributed by atoms with Gasteiger partial charge in [-0.25, -0.2) is 4.79 Å². The first-order chi connectivity index (χ1) is 8.86. The van der Waals surface area contributed by atoms with Crippen LogP contribution in [0.5, 0.6) is 0 Å². The molecule has 0 unspecified atom stereocenters. The Balaban J connectivity index is 2.94. The van der Waals surface area contributed by atoms with Crippen LogP contribution in [0.1, 0.15) is 29.8 Å². The first-order valence-electron chi connectivity index (χ1n) is 6.01. The lowest BCUT2D eigenvalue weighted by Gasteiger charge is -2.20. The number of esters is 1. The minimum atomic E-state index is -0.643. The van der Waals surface area contributed by atoms with Gasteiger partial charge in [0, 0.05) is 10.0 Å². The van der Waals surface area contributed by atoms with Gasteiger partial charge in [0.2, 0.25) is 0 Å². The summed E-state index contributed by atoms with van der Waals surface area (Å²) in [5, 5.41) is 2.72. The number of halogens is 1. The van der Waals surface area contributed by atoms with Gasteiger partial charge < -0.3 is 10.1 Å². The van der Waals surface area contributed by atoms with Gasteiger partial charge in [-0.3, -0.25) is 4.79 Å². The van der Waals surface area contributed by atoms with Gasteiger partial charge in [-0.1, -0.05) is 35.8 Å². The summed E-state index contributed by atoms with van der Waals surface area (Å²) in [6.07, 6.45) is 0. The number of hydrogen-bond donors (Lipinski definition) is 1. The van der Waals surface area contributed by atoms with E-state index in [0.717, 1.165) is 10.0 Å². The van der Waals surface area contributed by atoms with E-state index >= 15 is 0 Å². The molecule has 0 fully saturated rings. The van der Waals surface area contributed by atoms with Crippen molar-refractivity contribution >= 4 is 27.8 Å². The number of ether oxygens (including phenoxy) is 1. The van der Waals surface area contributed by atoms with Gasteiger partial charge in [-0.05, 0) is 30.5 Å². The Hall–Kier alpha value is -1.36. The number of amides is 1. The highest BCUT2D eigenvalue weighted by molar-refractivity contribution is 9.10. The van der Waals surface area contributed by atoms with Crippen molar-refractivity contribution in [1.29, 1.82) is 0 Å². The lowest BCUT2D eigenvalue weighted by atomic mass is 10.0. The zero-order valence-electron chi connectivity index (χ0n) is 11.5. The average molecular weight is 328 g/mol. The smallest absolute Gasteiger partial charge is 0.328 e. The Morgan fingerprint density at radius 2 is 1.95 bits per heavy atom. The van der Waals surface area contributed by atoms with Gasteiger partial charge >= 0.3 is 5.97 Å². The van der Waals surface area contributed by atoms with Crippen LogP contribution in [0, 0.1) is 12.8 Å². The highest BCUT2D eigenvalue weighted by Gasteiger charge is 2.25. The maximum absolute atomic E-state index is 12.2. The molecular formula is C14H18BrNO3. The highest BCUT2D eigenvalue weighted by atomic mass is 79.9. The average Bonchev–Trinajstić information content (AvgIpc) is 2.37. The summed E-state index contributed by atoms with van der Waals surface area (Å²) in [6, 6.07) is 4.81. The van der Waals surface area contributed by atoms with Crippen LogP contribution in [0.3, 0.4) is 0 Å². The molecule has 1 rings (SSSR count). The van der Waals surface area contributed by atoms with Gasteiger partial charge in [0.05, 0.1) is 7.11 Å². The van der Waals surface area contributed by atoms with E-state index in [4.69, 9.17) is 4.74 Å². The van der Waals surface area contributed by atoms with Crippen molar-refractivity contribution in [2.24, 2.45) is 5.92 Å². The number of carbonyl (C=O) groups excluding carboxylic acids is 2. The minimum absolute atomic E-state index is 0.0381. The number of hydrogen-bond acceptors (Lipinski definition) is 3. The van der Waals surface area contributed by atoms with E-state index in [1.807, 2.05) is 32.9 Å². The van der Waals surface area contributed by atoms with Crippen LogP contribution in [0.4, 0.5) is 0 Å². The standard InChI is InChI=1S/C14H18BrNO3/c1-8(2)12(14(18)19-4)16-13(17)11-7-10(15)6-5-9(11)3/h5-8,12H,1-4H3,(H,16,17)/t12-/m0/s1. The Morgan fingerprint density at radius 1 is 1.32 bits per heavy atom. The molecule has 1 N–H and O–H groups in total. The van der Waals surface area contributed by atoms with E-state index < -0.39 is 12.0 Å². The minimum Gasteiger partial charge on any atom is -0.467 e. The third-order valence-electron chi connectivity index (χ3n) is 2.85. The maximum Gasteiger partial charge on any atom is 0.328 e. The van der Waals surface area contributed by atoms with E-state index in [1.165, 1.54) is 7.11 Å². The van der Waals surface area contributed by atoms with Gasteiger partial charge in [-0.15, -0.1) is 0 Å². The number of aryl methyl sites for hydroxylation is 1. The molecule has 0 aliphatic heterocycles. The first-order valence-corrected chi connectivity index (χ1v) is 6.81. The van der Waals surface area contributed by atoms with Gasteiger partial charge in [0.1, 0.15) is 6.04 Å². The molecule has 0 aliphatic carbocycles. The third kappa shape index (κ3) is 4.06. The van der Waals surface area contributed by atoms with Crippen LogP contribution in [0.25, 0.3) is 0 Å². The Labute approximate surface area is 121 Å². The second kappa shape index (κ2) is 6.70. The molecule has 0 bridgehead atoms. The van der Waals surface area contributed by atoms with E-state index in [9.17, 15) is 9.59 Å². The fraction of sp³-hybridized carbons (Fsp3) is 0.429. The molecular weight excluding hydrogens is 310 g/mol. The van der Waals surface area contributed by atoms with Crippen LogP contribution in [0.15, 0.2) is 22.7 Å². The van der Waals surface area contributed by atoms with Crippen molar-refractivity contribution in [2.75, 3.05) is 7.11 Å². The predicted octanol–water partition coefficient (Wildman–Crippen LogP) is 2.68. The van der Waals surface area contributed by atoms with Crippen LogP contribution in [0.2, 0.25) is 0 Å². The van der Waals surface area contributed by atoms with Crippen molar-refractivity contribution in [1.82, 2.24) is 5.32 Å². The fourth-order valence-corrected chi connectivity index (χ4v) is 2.04. The third-order valence-corrected chi connectivity index (χ3v) is 3.35. The summed E-state index contributed by atoms with van der Waals surface area (Å²) >= 11 is 3.33. The van der Waals surface area contributed by atoms with Crippen LogP contribution in [-0.2, 0) is 9.53 Å². The second-order valence-electron chi connectivity index (χ2n) is 4.68. The number of methoxy groups -OCH3 is 1. The topological polar surface area (TPSA) is 55.4 Å². The van der Waals surface area contributed by atoms with Gasteiger partial charge in [0.15, 0.2) is 0 Å². The summed E-state index contributed by atoms with van der Waals surface area (Å²) in [5.74, 6) is -0.747. The molecule has 104 valence electrons. The summed E-state index contributed by atoms with van der Waals surface area (Å²) in [6.45, 7) is 5.56. The molecule has 1 aromatic carbocycles. The quantitative estimate of drug-likeness (QED) is 0.865. The molecule has 4 nitrogen and oxygen atoms in total. The largest absolute Gasteiger partial charge is 0.467 e. The van der Waals surface area contributed by atoms with E-state index in [1.54, 1.807) is 6.07 Å². The van der Waals surface area contributed by atoms with Crippen LogP contribution in [-0.4, -0.2) is 25.0 Å². The van der Waals surface area contributed by atoms with Gasteiger partial charge in [0.25, 0.3) is 5.91 Å². The monoisotopic (exact) mass is 327 g/mol. The predicted molar refractivity (Wildman–Crippen MR) is 77.0 cm³/mol. The molecule has 1 atom stereocenters. The van der Waals surface area contributed by atoms with Crippen molar-refractivity contribution in [3.8, 4) is 0 Å². The molecule has 0 spiro atoms. The van der Waals surface area contributed by atoms with Crippen molar-refractivity contribution < 1.29 is 14.3 Å². The molecule has 1 aromatic rings. The molecule has 0 saturated carbocycles. The van der Waals surface area contributed by atoms with Crippen molar-refractivity contribution in [3.63, 3.8) is 0 Å². The normalized spacial score (nSPS) is 12.1. The fourth-order valence-electron chi connectivity index (χ4n) is 1.68. The molecule has 0 aliphatic rings. The lowest BCUT2D eigenvalue weighted by Crippen LogP contribution is -2.45. The molecule has 0 saturated heterocycles. The summed E-state index contributed by atoms with van der Waals surface area (Å²) in [5.41, 5.74) is 1.40. The highest BCUT2D eigenvalue weighted by Crippen LogP contribution is 2.16. The van der Waals surface area contributed by atoms with E-state index in [2.05, 4.69) is 21.2 Å². The van der Waals surface area contributed by atoms with E-state index in [0.29, 0.717) is 5.56 Å². The lowest BCUT2D eigenvalue weighted by molar-refractivity contribution is -0.144. The molecule has 0 aromatic heterocycles. The SMILES string of the molecule is COC(=O)[C@@H](NC(=O)c1cc(Br)ccc1C)C(C)C. The van der Waals surface area contributed by atoms with Crippen molar-refractivity contribution in [2.45, 2.75) is 26.8 Å². The zero-order valence-corrected chi connectivity index (χ0v) is 13.1. The Bertz CT molecular complexity index is 486. The molecule has 5 heteroatoms. The van der Waals surface area contributed by atoms with Crippen LogP contribution >= 0.6 is 15.9 Å². The first kappa shape index (κ1) is 15.7. The molecule has 1 amide bonds. The zero-order chi connectivity index (χ0) is 14.6. The maximum atomic E-state index is 12.2. The van der Waals surface area contributed by atoms with Crippen LogP contribution < -0.4 is 5.32 Å². The van der Waals surface area contributed by atoms with Gasteiger partial charge in [-0.2, -0.15) is 0 Å². The summed E-state index contributed by atoms with van der Waals surface area (Å²) in [7, 11) is 1.31. The number of benzene rings is 1. The number of carbonyl (C=O) groups is 2. The summed E-state index contributed by atoms with van der Waals surface area (Å²) in [4.78, 5) is 23.8. The Kier molecular flexibility index (Phi) is 5.54. The van der Waals surface area contributed by atoms with Crippen molar-refractivity contribution in [3.05, 3.63) is 33.8 Å². The summed E-state index contributed by atoms with van der Waals surface area (Å²) < 4.78 is 5.52. The number of nitrogens with one attached hydrogen (secondary N) is 1. The molecule has 19 heavy (non-hydrogen) atoms. The Morgan fingerprint density at radius 3 is 2.47 bits per heavy atom. The molecule has 0 heterocycles. The molecule has 0 radical (unpaired) electrons. The van der Waals surface area contributed by atoms with E-state index in [-0.39, 0.29) is 11.8 Å².